The molecule has 6 N–H and O–H groups in total. The lowest BCUT2D eigenvalue weighted by atomic mass is 10.0. The molecule has 0 saturated carbocycles. The molecular weight excluding hydrogens is 372 g/mol. The molecule has 1 aliphatic rings. The van der Waals surface area contributed by atoms with Gasteiger partial charge in [-0.25, -0.2) is 4.79 Å². The number of nitrogens with zero attached hydrogens (tertiary/aromatic N) is 1. The van der Waals surface area contributed by atoms with Crippen molar-refractivity contribution in [2.45, 2.75) is 64.2 Å². The molecule has 0 aromatic rings. The predicted molar refractivity (Wildman–Crippen MR) is 97.0 cm³/mol. The van der Waals surface area contributed by atoms with E-state index >= 15 is 0 Å². The molecule has 0 bridgehead atoms. The molecule has 4 atom stereocenters. The zero-order valence-corrected chi connectivity index (χ0v) is 16.2. The Hall–Kier alpha value is -2.69. The van der Waals surface area contributed by atoms with Crippen molar-refractivity contribution < 1.29 is 34.2 Å². The molecule has 158 valence electrons. The number of carbonyl (C=O) groups is 5. The van der Waals surface area contributed by atoms with Gasteiger partial charge in [0.05, 0.1) is 12.5 Å². The number of hydrogen-bond acceptors (Lipinski definition) is 6. The number of rotatable bonds is 9. The minimum absolute atomic E-state index is 0.153. The van der Waals surface area contributed by atoms with Gasteiger partial charge in [0, 0.05) is 6.54 Å². The highest BCUT2D eigenvalue weighted by atomic mass is 16.4. The quantitative estimate of drug-likeness (QED) is 0.310. The Morgan fingerprint density at radius 2 is 1.68 bits per heavy atom. The van der Waals surface area contributed by atoms with Crippen molar-refractivity contribution in [3.8, 4) is 0 Å². The summed E-state index contributed by atoms with van der Waals surface area (Å²) < 4.78 is 0. The van der Waals surface area contributed by atoms with Gasteiger partial charge < -0.3 is 31.5 Å². The lowest BCUT2D eigenvalue weighted by Crippen LogP contribution is -2.57. The second-order valence-corrected chi connectivity index (χ2v) is 7.19. The number of hydrogen-bond donors (Lipinski definition) is 5. The molecule has 0 spiro atoms. The molecule has 11 heteroatoms. The van der Waals surface area contributed by atoms with Gasteiger partial charge in [-0.2, -0.15) is 0 Å². The molecule has 28 heavy (non-hydrogen) atoms. The number of nitrogens with two attached hydrogens (primary N) is 1. The highest BCUT2D eigenvalue weighted by Gasteiger charge is 2.38. The summed E-state index contributed by atoms with van der Waals surface area (Å²) in [6, 6.07) is -4.38. The molecule has 1 fully saturated rings. The summed E-state index contributed by atoms with van der Waals surface area (Å²) in [6.07, 6.45) is 0.0178. The number of amides is 3. The highest BCUT2D eigenvalue weighted by Crippen LogP contribution is 2.19. The molecule has 3 amide bonds. The summed E-state index contributed by atoms with van der Waals surface area (Å²) in [5.74, 6) is -4.77. The van der Waals surface area contributed by atoms with E-state index in [1.807, 2.05) is 0 Å². The predicted octanol–water partition coefficient (Wildman–Crippen LogP) is -1.49. The molecule has 1 saturated heterocycles. The number of nitrogens with one attached hydrogen (secondary N) is 2. The summed E-state index contributed by atoms with van der Waals surface area (Å²) in [6.45, 7) is 5.02. The van der Waals surface area contributed by atoms with Crippen LogP contribution in [0, 0.1) is 5.92 Å². The maximum atomic E-state index is 12.7. The third-order valence-corrected chi connectivity index (χ3v) is 4.59. The zero-order valence-electron chi connectivity index (χ0n) is 16.2. The Bertz CT molecular complexity index is 637. The SMILES string of the molecule is CC(NC(=O)C(N)C(C)C)C(=O)NC(CC(=O)O)C(=O)N1CCCC1C(=O)O. The van der Waals surface area contributed by atoms with E-state index in [-0.39, 0.29) is 18.9 Å². The van der Waals surface area contributed by atoms with Gasteiger partial charge in [0.25, 0.3) is 0 Å². The largest absolute Gasteiger partial charge is 0.481 e. The molecule has 0 aromatic carbocycles. The van der Waals surface area contributed by atoms with Gasteiger partial charge in [-0.15, -0.1) is 0 Å². The molecule has 1 rings (SSSR count). The van der Waals surface area contributed by atoms with E-state index in [1.165, 1.54) is 6.92 Å². The molecular formula is C17H28N4O7. The second kappa shape index (κ2) is 10.0. The third-order valence-electron chi connectivity index (χ3n) is 4.59. The second-order valence-electron chi connectivity index (χ2n) is 7.19. The van der Waals surface area contributed by atoms with Crippen LogP contribution in [0.25, 0.3) is 0 Å². The fourth-order valence-electron chi connectivity index (χ4n) is 2.84. The third kappa shape index (κ3) is 6.19. The summed E-state index contributed by atoms with van der Waals surface area (Å²) in [5.41, 5.74) is 5.71. The Labute approximate surface area is 162 Å². The van der Waals surface area contributed by atoms with Crippen LogP contribution in [0.15, 0.2) is 0 Å². The van der Waals surface area contributed by atoms with Crippen molar-refractivity contribution in [1.82, 2.24) is 15.5 Å². The van der Waals surface area contributed by atoms with Crippen LogP contribution in [0.4, 0.5) is 0 Å². The Balaban J connectivity index is 2.83. The first-order valence-corrected chi connectivity index (χ1v) is 9.07. The van der Waals surface area contributed by atoms with Crippen LogP contribution in [0.3, 0.4) is 0 Å². The number of likely N-dealkylation sites (tertiary alicyclic amines) is 1. The first kappa shape index (κ1) is 23.3. The summed E-state index contributed by atoms with van der Waals surface area (Å²) in [7, 11) is 0. The van der Waals surface area contributed by atoms with E-state index in [0.29, 0.717) is 6.42 Å². The van der Waals surface area contributed by atoms with Gasteiger partial charge in [0.1, 0.15) is 18.1 Å². The Morgan fingerprint density at radius 1 is 1.07 bits per heavy atom. The van der Waals surface area contributed by atoms with E-state index in [9.17, 15) is 29.1 Å². The van der Waals surface area contributed by atoms with E-state index in [1.54, 1.807) is 13.8 Å². The van der Waals surface area contributed by atoms with Crippen LogP contribution in [0.1, 0.15) is 40.0 Å². The summed E-state index contributed by atoms with van der Waals surface area (Å²) in [5, 5.41) is 23.0. The maximum absolute atomic E-state index is 12.7. The molecule has 1 aliphatic heterocycles. The highest BCUT2D eigenvalue weighted by molar-refractivity contribution is 5.95. The summed E-state index contributed by atoms with van der Waals surface area (Å²) >= 11 is 0. The lowest BCUT2D eigenvalue weighted by Gasteiger charge is -2.27. The van der Waals surface area contributed by atoms with Gasteiger partial charge in [0.2, 0.25) is 17.7 Å². The van der Waals surface area contributed by atoms with Crippen molar-refractivity contribution in [2.75, 3.05) is 6.54 Å². The van der Waals surface area contributed by atoms with Crippen LogP contribution < -0.4 is 16.4 Å². The number of carboxylic acids is 2. The fraction of sp³-hybridized carbons (Fsp3) is 0.706. The van der Waals surface area contributed by atoms with Crippen LogP contribution in [-0.4, -0.2) is 75.5 Å². The van der Waals surface area contributed by atoms with Crippen molar-refractivity contribution in [1.29, 1.82) is 0 Å². The monoisotopic (exact) mass is 400 g/mol. The number of carbonyl (C=O) groups excluding carboxylic acids is 3. The summed E-state index contributed by atoms with van der Waals surface area (Å²) in [4.78, 5) is 60.4. The van der Waals surface area contributed by atoms with Crippen LogP contribution in [-0.2, 0) is 24.0 Å². The minimum atomic E-state index is -1.44. The molecule has 0 aliphatic carbocycles. The maximum Gasteiger partial charge on any atom is 0.326 e. The van der Waals surface area contributed by atoms with Gasteiger partial charge in [0.15, 0.2) is 0 Å². The normalized spacial score (nSPS) is 19.6. The van der Waals surface area contributed by atoms with Crippen molar-refractivity contribution in [3.05, 3.63) is 0 Å². The van der Waals surface area contributed by atoms with Crippen LogP contribution in [0.5, 0.6) is 0 Å². The standard InChI is InChI=1S/C17H28N4O7/c1-8(2)13(18)15(25)19-9(3)14(24)20-10(7-12(22)23)16(26)21-6-4-5-11(21)17(27)28/h8-11,13H,4-7,18H2,1-3H3,(H,19,25)(H,20,24)(H,22,23)(H,27,28). The van der Waals surface area contributed by atoms with E-state index < -0.39 is 60.2 Å². The first-order chi connectivity index (χ1) is 13.0. The Kier molecular flexibility index (Phi) is 8.35. The molecule has 4 unspecified atom stereocenters. The zero-order chi connectivity index (χ0) is 21.6. The number of carboxylic acid groups (broad SMARTS) is 2. The van der Waals surface area contributed by atoms with Crippen molar-refractivity contribution in [2.24, 2.45) is 11.7 Å². The fourth-order valence-corrected chi connectivity index (χ4v) is 2.84. The molecule has 11 nitrogen and oxygen atoms in total. The van der Waals surface area contributed by atoms with Gasteiger partial charge >= 0.3 is 11.9 Å². The van der Waals surface area contributed by atoms with Gasteiger partial charge in [-0.05, 0) is 25.7 Å². The van der Waals surface area contributed by atoms with E-state index in [2.05, 4.69) is 10.6 Å². The van der Waals surface area contributed by atoms with Crippen molar-refractivity contribution >= 4 is 29.7 Å². The number of aliphatic carboxylic acids is 2. The van der Waals surface area contributed by atoms with Crippen LogP contribution >= 0.6 is 0 Å². The van der Waals surface area contributed by atoms with Gasteiger partial charge in [-0.3, -0.25) is 19.2 Å². The first-order valence-electron chi connectivity index (χ1n) is 9.07. The lowest BCUT2D eigenvalue weighted by molar-refractivity contribution is -0.150. The van der Waals surface area contributed by atoms with E-state index in [0.717, 1.165) is 4.90 Å². The smallest absolute Gasteiger partial charge is 0.326 e. The van der Waals surface area contributed by atoms with Crippen molar-refractivity contribution in [3.63, 3.8) is 0 Å². The average molecular weight is 400 g/mol. The van der Waals surface area contributed by atoms with E-state index in [4.69, 9.17) is 10.8 Å². The average Bonchev–Trinajstić information content (AvgIpc) is 3.08. The minimum Gasteiger partial charge on any atom is -0.481 e. The molecule has 1 heterocycles. The molecule has 0 aromatic heterocycles. The topological polar surface area (TPSA) is 179 Å². The Morgan fingerprint density at radius 3 is 2.18 bits per heavy atom. The van der Waals surface area contributed by atoms with Gasteiger partial charge in [-0.1, -0.05) is 13.8 Å². The van der Waals surface area contributed by atoms with Crippen LogP contribution in [0.2, 0.25) is 0 Å². The molecule has 0 radical (unpaired) electrons.